The van der Waals surface area contributed by atoms with E-state index in [2.05, 4.69) is 24.1 Å². The molecule has 1 aromatic rings. The molecule has 0 radical (unpaired) electrons. The molecule has 0 saturated heterocycles. The Labute approximate surface area is 121 Å². The second-order valence-corrected chi connectivity index (χ2v) is 5.46. The van der Waals surface area contributed by atoms with E-state index in [1.165, 1.54) is 6.42 Å². The van der Waals surface area contributed by atoms with Crippen LogP contribution < -0.4 is 10.1 Å². The van der Waals surface area contributed by atoms with Crippen molar-refractivity contribution in [3.63, 3.8) is 0 Å². The third-order valence-corrected chi connectivity index (χ3v) is 3.93. The van der Waals surface area contributed by atoms with E-state index in [0.717, 1.165) is 37.3 Å². The third kappa shape index (κ3) is 4.18. The van der Waals surface area contributed by atoms with Gasteiger partial charge in [0.15, 0.2) is 0 Å². The van der Waals surface area contributed by atoms with Gasteiger partial charge in [0.1, 0.15) is 11.9 Å². The molecule has 0 bridgehead atoms. The topological polar surface area (TPSA) is 43.4 Å². The molecule has 3 atom stereocenters. The van der Waals surface area contributed by atoms with Crippen molar-refractivity contribution in [3.05, 3.63) is 24.0 Å². The summed E-state index contributed by atoms with van der Waals surface area (Å²) >= 11 is 0. The van der Waals surface area contributed by atoms with Gasteiger partial charge in [-0.05, 0) is 44.9 Å². The Morgan fingerprint density at radius 1 is 1.35 bits per heavy atom. The normalized spacial score (nSPS) is 24.4. The third-order valence-electron chi connectivity index (χ3n) is 3.93. The van der Waals surface area contributed by atoms with Crippen LogP contribution in [0.25, 0.3) is 0 Å². The number of rotatable bonds is 6. The first kappa shape index (κ1) is 15.3. The molecule has 0 aromatic carbocycles. The summed E-state index contributed by atoms with van der Waals surface area (Å²) < 4.78 is 11.5. The molecule has 1 aromatic heterocycles. The highest BCUT2D eigenvalue weighted by atomic mass is 16.5. The molecule has 3 unspecified atom stereocenters. The van der Waals surface area contributed by atoms with Crippen LogP contribution in [0, 0.1) is 0 Å². The summed E-state index contributed by atoms with van der Waals surface area (Å²) in [7, 11) is 1.78. The molecule has 1 fully saturated rings. The van der Waals surface area contributed by atoms with E-state index in [9.17, 15) is 0 Å². The van der Waals surface area contributed by atoms with Crippen LogP contribution in [0.2, 0.25) is 0 Å². The minimum absolute atomic E-state index is 0.257. The largest absolute Gasteiger partial charge is 0.489 e. The Hall–Kier alpha value is -1.13. The second-order valence-electron chi connectivity index (χ2n) is 5.46. The lowest BCUT2D eigenvalue weighted by Gasteiger charge is -2.28. The van der Waals surface area contributed by atoms with Gasteiger partial charge in [0.05, 0.1) is 18.0 Å². The minimum Gasteiger partial charge on any atom is -0.489 e. The highest BCUT2D eigenvalue weighted by Crippen LogP contribution is 2.25. The zero-order chi connectivity index (χ0) is 14.4. The molecule has 1 aliphatic rings. The summed E-state index contributed by atoms with van der Waals surface area (Å²) in [6.07, 6.45) is 6.84. The van der Waals surface area contributed by atoms with Crippen LogP contribution in [-0.2, 0) is 4.74 Å². The van der Waals surface area contributed by atoms with Gasteiger partial charge in [-0.15, -0.1) is 0 Å². The van der Waals surface area contributed by atoms with E-state index in [1.807, 2.05) is 18.3 Å². The maximum Gasteiger partial charge on any atom is 0.138 e. The quantitative estimate of drug-likeness (QED) is 0.868. The standard InChI is InChI=1S/C16H26N2O2/c1-4-17-12(2)16-9-8-15(11-18-16)20-14-7-5-6-13(10-14)19-3/h8-9,11-14,17H,4-7,10H2,1-3H3. The summed E-state index contributed by atoms with van der Waals surface area (Å²) in [4.78, 5) is 4.48. The smallest absolute Gasteiger partial charge is 0.138 e. The number of ether oxygens (including phenoxy) is 2. The Morgan fingerprint density at radius 3 is 2.80 bits per heavy atom. The van der Waals surface area contributed by atoms with Crippen molar-refractivity contribution in [2.75, 3.05) is 13.7 Å². The zero-order valence-electron chi connectivity index (χ0n) is 12.8. The summed E-state index contributed by atoms with van der Waals surface area (Å²) in [5, 5.41) is 3.36. The van der Waals surface area contributed by atoms with Crippen molar-refractivity contribution in [1.29, 1.82) is 0 Å². The SMILES string of the molecule is CCNC(C)c1ccc(OC2CCCC(OC)C2)cn1. The van der Waals surface area contributed by atoms with Crippen molar-refractivity contribution in [3.8, 4) is 5.75 Å². The average Bonchev–Trinajstić information content (AvgIpc) is 2.48. The van der Waals surface area contributed by atoms with Crippen molar-refractivity contribution in [2.24, 2.45) is 0 Å². The van der Waals surface area contributed by atoms with Crippen molar-refractivity contribution >= 4 is 0 Å². The predicted octanol–water partition coefficient (Wildman–Crippen LogP) is 3.09. The Morgan fingerprint density at radius 2 is 2.15 bits per heavy atom. The highest BCUT2D eigenvalue weighted by molar-refractivity contribution is 5.21. The zero-order valence-corrected chi connectivity index (χ0v) is 12.8. The molecule has 112 valence electrons. The molecule has 1 aliphatic carbocycles. The number of nitrogens with zero attached hydrogens (tertiary/aromatic N) is 1. The molecular formula is C16H26N2O2. The number of hydrogen-bond donors (Lipinski definition) is 1. The highest BCUT2D eigenvalue weighted by Gasteiger charge is 2.23. The minimum atomic E-state index is 0.257. The van der Waals surface area contributed by atoms with Crippen LogP contribution in [0.3, 0.4) is 0 Å². The second kappa shape index (κ2) is 7.60. The molecule has 1 N–H and O–H groups in total. The molecule has 0 aliphatic heterocycles. The summed E-state index contributed by atoms with van der Waals surface area (Å²) in [6, 6.07) is 4.34. The van der Waals surface area contributed by atoms with Gasteiger partial charge < -0.3 is 14.8 Å². The molecule has 0 spiro atoms. The maximum absolute atomic E-state index is 6.02. The summed E-state index contributed by atoms with van der Waals surface area (Å²) in [5.74, 6) is 0.860. The van der Waals surface area contributed by atoms with Crippen molar-refractivity contribution < 1.29 is 9.47 Å². The monoisotopic (exact) mass is 278 g/mol. The fourth-order valence-electron chi connectivity index (χ4n) is 2.74. The molecular weight excluding hydrogens is 252 g/mol. The number of aromatic nitrogens is 1. The van der Waals surface area contributed by atoms with Gasteiger partial charge in [-0.2, -0.15) is 0 Å². The summed E-state index contributed by atoms with van der Waals surface area (Å²) in [6.45, 7) is 5.17. The first-order chi connectivity index (χ1) is 9.72. The van der Waals surface area contributed by atoms with Crippen LogP contribution in [0.1, 0.15) is 51.3 Å². The maximum atomic E-state index is 6.02. The van der Waals surface area contributed by atoms with E-state index in [4.69, 9.17) is 9.47 Å². The van der Waals surface area contributed by atoms with Gasteiger partial charge in [0.25, 0.3) is 0 Å². The van der Waals surface area contributed by atoms with Gasteiger partial charge in [-0.1, -0.05) is 6.92 Å². The van der Waals surface area contributed by atoms with E-state index >= 15 is 0 Å². The Kier molecular flexibility index (Phi) is 5.80. The molecule has 1 saturated carbocycles. The van der Waals surface area contributed by atoms with Crippen LogP contribution in [0.5, 0.6) is 5.75 Å². The molecule has 2 rings (SSSR count). The van der Waals surface area contributed by atoms with Gasteiger partial charge >= 0.3 is 0 Å². The fourth-order valence-corrected chi connectivity index (χ4v) is 2.74. The van der Waals surface area contributed by atoms with E-state index in [1.54, 1.807) is 7.11 Å². The van der Waals surface area contributed by atoms with Crippen molar-refractivity contribution in [2.45, 2.75) is 57.8 Å². The van der Waals surface area contributed by atoms with E-state index < -0.39 is 0 Å². The average molecular weight is 278 g/mol. The predicted molar refractivity (Wildman–Crippen MR) is 80.0 cm³/mol. The molecule has 20 heavy (non-hydrogen) atoms. The van der Waals surface area contributed by atoms with E-state index in [0.29, 0.717) is 6.10 Å². The van der Waals surface area contributed by atoms with Gasteiger partial charge in [-0.25, -0.2) is 0 Å². The molecule has 4 heteroatoms. The van der Waals surface area contributed by atoms with Gasteiger partial charge in [0.2, 0.25) is 0 Å². The first-order valence-corrected chi connectivity index (χ1v) is 7.61. The molecule has 0 amide bonds. The van der Waals surface area contributed by atoms with Gasteiger partial charge in [0, 0.05) is 19.6 Å². The Bertz CT molecular complexity index is 394. The molecule has 4 nitrogen and oxygen atoms in total. The Balaban J connectivity index is 1.90. The van der Waals surface area contributed by atoms with Crippen LogP contribution in [0.4, 0.5) is 0 Å². The first-order valence-electron chi connectivity index (χ1n) is 7.61. The lowest BCUT2D eigenvalue weighted by Crippen LogP contribution is -2.29. The molecule has 1 heterocycles. The van der Waals surface area contributed by atoms with Crippen LogP contribution >= 0.6 is 0 Å². The lowest BCUT2D eigenvalue weighted by atomic mass is 9.95. The lowest BCUT2D eigenvalue weighted by molar-refractivity contribution is 0.0208. The number of hydrogen-bond acceptors (Lipinski definition) is 4. The van der Waals surface area contributed by atoms with E-state index in [-0.39, 0.29) is 12.1 Å². The number of nitrogens with one attached hydrogen (secondary N) is 1. The van der Waals surface area contributed by atoms with Gasteiger partial charge in [-0.3, -0.25) is 4.98 Å². The van der Waals surface area contributed by atoms with Crippen LogP contribution in [-0.4, -0.2) is 30.8 Å². The van der Waals surface area contributed by atoms with Crippen molar-refractivity contribution in [1.82, 2.24) is 10.3 Å². The summed E-state index contributed by atoms with van der Waals surface area (Å²) in [5.41, 5.74) is 1.05. The van der Waals surface area contributed by atoms with Crippen LogP contribution in [0.15, 0.2) is 18.3 Å². The fraction of sp³-hybridized carbons (Fsp3) is 0.688. The number of methoxy groups -OCH3 is 1. The number of pyridine rings is 1.